The Labute approximate surface area is 173 Å². The number of aromatic nitrogens is 5. The average molecular weight is 398 g/mol. The molecule has 1 amide bonds. The number of hydrogen-bond acceptors (Lipinski definition) is 4. The molecule has 0 unspecified atom stereocenters. The first-order chi connectivity index (χ1) is 14.6. The lowest BCUT2D eigenvalue weighted by Gasteiger charge is -2.09. The lowest BCUT2D eigenvalue weighted by molar-refractivity contribution is -0.118. The molecule has 0 atom stereocenters. The van der Waals surface area contributed by atoms with Crippen LogP contribution in [-0.4, -0.2) is 31.1 Å². The molecule has 150 valence electrons. The lowest BCUT2D eigenvalue weighted by atomic mass is 10.0. The van der Waals surface area contributed by atoms with Gasteiger partial charge in [-0.05, 0) is 42.7 Å². The van der Waals surface area contributed by atoms with Crippen LogP contribution in [0.5, 0.6) is 0 Å². The number of carbonyl (C=O) groups excluding carboxylic acids is 1. The predicted molar refractivity (Wildman–Crippen MR) is 118 cm³/mol. The molecule has 0 saturated heterocycles. The van der Waals surface area contributed by atoms with Crippen molar-refractivity contribution in [3.8, 4) is 22.6 Å². The Hall–Kier alpha value is -3.74. The van der Waals surface area contributed by atoms with E-state index in [1.54, 1.807) is 12.4 Å². The summed E-state index contributed by atoms with van der Waals surface area (Å²) in [5, 5.41) is 11.5. The highest BCUT2D eigenvalue weighted by atomic mass is 16.1. The van der Waals surface area contributed by atoms with Crippen LogP contribution in [0.1, 0.15) is 31.7 Å². The summed E-state index contributed by atoms with van der Waals surface area (Å²) in [4.78, 5) is 24.5. The molecule has 4 aromatic rings. The first kappa shape index (κ1) is 18.3. The van der Waals surface area contributed by atoms with Gasteiger partial charge in [0.25, 0.3) is 0 Å². The molecule has 3 heterocycles. The second-order valence-electron chi connectivity index (χ2n) is 7.83. The fourth-order valence-electron chi connectivity index (χ4n) is 3.61. The minimum Gasteiger partial charge on any atom is -0.340 e. The standard InChI is InChI=1S/C23H22N6O/c1-13(2)23(30)25-16-9-15(11-24-12-16)14-7-8-18-17(10-14)21(29-28-18)22-26-19-5-3-4-6-20(19)27-22/h3,5,7-13H,4,6H2,1-2H3,(H,25,30)(H,26,27)(H,28,29). The summed E-state index contributed by atoms with van der Waals surface area (Å²) < 4.78 is 0. The summed E-state index contributed by atoms with van der Waals surface area (Å²) in [5.74, 6) is 0.649. The zero-order valence-electron chi connectivity index (χ0n) is 16.9. The molecule has 0 spiro atoms. The van der Waals surface area contributed by atoms with Crippen LogP contribution in [0.4, 0.5) is 5.69 Å². The maximum absolute atomic E-state index is 12.0. The van der Waals surface area contributed by atoms with Crippen LogP contribution in [0.25, 0.3) is 39.6 Å². The smallest absolute Gasteiger partial charge is 0.226 e. The summed E-state index contributed by atoms with van der Waals surface area (Å²) in [6, 6.07) is 8.04. The average Bonchev–Trinajstić information content (AvgIpc) is 3.37. The fraction of sp³-hybridized carbons (Fsp3) is 0.217. The summed E-state index contributed by atoms with van der Waals surface area (Å²) in [5.41, 5.74) is 6.48. The highest BCUT2D eigenvalue weighted by molar-refractivity contribution is 5.95. The number of imidazole rings is 1. The maximum atomic E-state index is 12.0. The van der Waals surface area contributed by atoms with Crippen LogP contribution in [0.3, 0.4) is 0 Å². The number of pyridine rings is 1. The number of rotatable bonds is 4. The Balaban J connectivity index is 1.53. The van der Waals surface area contributed by atoms with Gasteiger partial charge in [-0.1, -0.05) is 26.0 Å². The first-order valence-electron chi connectivity index (χ1n) is 10.1. The number of aromatic amines is 2. The van der Waals surface area contributed by atoms with Gasteiger partial charge in [-0.15, -0.1) is 0 Å². The molecule has 7 nitrogen and oxygen atoms in total. The number of fused-ring (bicyclic) bond motifs is 2. The number of aryl methyl sites for hydroxylation is 1. The number of carbonyl (C=O) groups is 1. The molecule has 3 aromatic heterocycles. The Kier molecular flexibility index (Phi) is 4.43. The molecule has 1 aliphatic carbocycles. The van der Waals surface area contributed by atoms with Gasteiger partial charge in [0.2, 0.25) is 5.91 Å². The summed E-state index contributed by atoms with van der Waals surface area (Å²) in [6.07, 6.45) is 9.64. The zero-order valence-corrected chi connectivity index (χ0v) is 16.9. The number of allylic oxidation sites excluding steroid dienone is 1. The minimum absolute atomic E-state index is 0.0302. The second-order valence-corrected chi connectivity index (χ2v) is 7.83. The number of amides is 1. The van der Waals surface area contributed by atoms with Gasteiger partial charge in [-0.3, -0.25) is 14.9 Å². The monoisotopic (exact) mass is 398 g/mol. The van der Waals surface area contributed by atoms with E-state index in [1.165, 1.54) is 0 Å². The van der Waals surface area contributed by atoms with Gasteiger partial charge in [-0.25, -0.2) is 4.98 Å². The summed E-state index contributed by atoms with van der Waals surface area (Å²) >= 11 is 0. The maximum Gasteiger partial charge on any atom is 0.226 e. The van der Waals surface area contributed by atoms with Crippen molar-refractivity contribution in [3.05, 3.63) is 54.1 Å². The number of hydrogen-bond donors (Lipinski definition) is 3. The van der Waals surface area contributed by atoms with E-state index >= 15 is 0 Å². The van der Waals surface area contributed by atoms with E-state index in [1.807, 2.05) is 32.0 Å². The number of nitrogens with one attached hydrogen (secondary N) is 3. The van der Waals surface area contributed by atoms with Crippen LogP contribution < -0.4 is 5.32 Å². The van der Waals surface area contributed by atoms with E-state index in [-0.39, 0.29) is 11.8 Å². The third-order valence-electron chi connectivity index (χ3n) is 5.30. The molecule has 0 bridgehead atoms. The van der Waals surface area contributed by atoms with Crippen molar-refractivity contribution in [1.82, 2.24) is 25.1 Å². The quantitative estimate of drug-likeness (QED) is 0.469. The van der Waals surface area contributed by atoms with Crippen molar-refractivity contribution >= 4 is 28.6 Å². The zero-order chi connectivity index (χ0) is 20.7. The predicted octanol–water partition coefficient (Wildman–Crippen LogP) is 4.57. The second kappa shape index (κ2) is 7.26. The van der Waals surface area contributed by atoms with Crippen LogP contribution in [0.15, 0.2) is 42.7 Å². The molecule has 0 aliphatic heterocycles. The Morgan fingerprint density at radius 2 is 2.07 bits per heavy atom. The highest BCUT2D eigenvalue weighted by Crippen LogP contribution is 2.31. The Morgan fingerprint density at radius 3 is 2.90 bits per heavy atom. The SMILES string of the molecule is CC(C)C(=O)Nc1cncc(-c2ccc3[nH]nc(-c4nc5c([nH]4)CCC=C5)c3c2)c1. The molecule has 1 aromatic carbocycles. The Morgan fingerprint density at radius 1 is 1.17 bits per heavy atom. The molecule has 1 aliphatic rings. The number of H-pyrrole nitrogens is 2. The first-order valence-corrected chi connectivity index (χ1v) is 10.1. The third kappa shape index (κ3) is 3.28. The molecule has 30 heavy (non-hydrogen) atoms. The summed E-state index contributed by atoms with van der Waals surface area (Å²) in [7, 11) is 0. The van der Waals surface area contributed by atoms with Gasteiger partial charge in [0.05, 0.1) is 23.1 Å². The molecular weight excluding hydrogens is 376 g/mol. The van der Waals surface area contributed by atoms with Crippen LogP contribution >= 0.6 is 0 Å². The van der Waals surface area contributed by atoms with E-state index in [4.69, 9.17) is 4.98 Å². The molecular formula is C23H22N6O. The van der Waals surface area contributed by atoms with Gasteiger partial charge < -0.3 is 10.3 Å². The van der Waals surface area contributed by atoms with E-state index in [0.717, 1.165) is 57.8 Å². The van der Waals surface area contributed by atoms with Gasteiger partial charge in [0.1, 0.15) is 5.69 Å². The van der Waals surface area contributed by atoms with E-state index in [0.29, 0.717) is 5.69 Å². The Bertz CT molecular complexity index is 1280. The molecule has 0 saturated carbocycles. The number of nitrogens with zero attached hydrogens (tertiary/aromatic N) is 3. The van der Waals surface area contributed by atoms with Crippen molar-refractivity contribution in [2.75, 3.05) is 5.32 Å². The van der Waals surface area contributed by atoms with E-state index in [2.05, 4.69) is 43.7 Å². The molecule has 7 heteroatoms. The third-order valence-corrected chi connectivity index (χ3v) is 5.30. The van der Waals surface area contributed by atoms with Gasteiger partial charge in [-0.2, -0.15) is 5.10 Å². The van der Waals surface area contributed by atoms with Crippen molar-refractivity contribution in [1.29, 1.82) is 0 Å². The molecule has 0 fully saturated rings. The van der Waals surface area contributed by atoms with Crippen molar-refractivity contribution in [2.24, 2.45) is 5.92 Å². The van der Waals surface area contributed by atoms with Gasteiger partial charge in [0.15, 0.2) is 5.82 Å². The highest BCUT2D eigenvalue weighted by Gasteiger charge is 2.17. The number of anilines is 1. The molecule has 5 rings (SSSR count). The minimum atomic E-state index is -0.0903. The molecule has 0 radical (unpaired) electrons. The van der Waals surface area contributed by atoms with E-state index < -0.39 is 0 Å². The van der Waals surface area contributed by atoms with Crippen molar-refractivity contribution < 1.29 is 4.79 Å². The van der Waals surface area contributed by atoms with Gasteiger partial charge >= 0.3 is 0 Å². The lowest BCUT2D eigenvalue weighted by Crippen LogP contribution is -2.17. The van der Waals surface area contributed by atoms with E-state index in [9.17, 15) is 4.79 Å². The summed E-state index contributed by atoms with van der Waals surface area (Å²) in [6.45, 7) is 3.73. The number of benzene rings is 1. The van der Waals surface area contributed by atoms with Gasteiger partial charge in [0, 0.05) is 28.8 Å². The van der Waals surface area contributed by atoms with Crippen LogP contribution in [-0.2, 0) is 11.2 Å². The largest absolute Gasteiger partial charge is 0.340 e. The van der Waals surface area contributed by atoms with Crippen molar-refractivity contribution in [3.63, 3.8) is 0 Å². The fourth-order valence-corrected chi connectivity index (χ4v) is 3.61. The normalized spacial score (nSPS) is 13.0. The van der Waals surface area contributed by atoms with Crippen LogP contribution in [0.2, 0.25) is 0 Å². The molecule has 3 N–H and O–H groups in total. The topological polar surface area (TPSA) is 99.3 Å². The van der Waals surface area contributed by atoms with Crippen LogP contribution in [0, 0.1) is 5.92 Å². The van der Waals surface area contributed by atoms with Crippen molar-refractivity contribution in [2.45, 2.75) is 26.7 Å².